The van der Waals surface area contributed by atoms with Gasteiger partial charge < -0.3 is 14.2 Å². The number of ether oxygens (including phenoxy) is 3. The van der Waals surface area contributed by atoms with E-state index in [1.807, 2.05) is 24.3 Å². The summed E-state index contributed by atoms with van der Waals surface area (Å²) in [7, 11) is 4.91. The molecule has 0 N–H and O–H groups in total. The zero-order valence-corrected chi connectivity index (χ0v) is 14.4. The van der Waals surface area contributed by atoms with Gasteiger partial charge in [0.25, 0.3) is 0 Å². The van der Waals surface area contributed by atoms with Crippen LogP contribution >= 0.6 is 0 Å². The highest BCUT2D eigenvalue weighted by molar-refractivity contribution is 5.70. The maximum absolute atomic E-state index is 12.6. The molecule has 0 bridgehead atoms. The van der Waals surface area contributed by atoms with Gasteiger partial charge in [0.1, 0.15) is 17.9 Å². The van der Waals surface area contributed by atoms with E-state index in [4.69, 9.17) is 14.2 Å². The van der Waals surface area contributed by atoms with Crippen LogP contribution in [0.2, 0.25) is 0 Å². The third-order valence-electron chi connectivity index (χ3n) is 3.88. The van der Waals surface area contributed by atoms with E-state index in [0.717, 1.165) is 11.3 Å². The molecule has 2 heterocycles. The van der Waals surface area contributed by atoms with Gasteiger partial charge in [-0.05, 0) is 17.7 Å². The highest BCUT2D eigenvalue weighted by atomic mass is 16.5. The third kappa shape index (κ3) is 3.48. The maximum atomic E-state index is 12.6. The molecule has 3 rings (SSSR count). The van der Waals surface area contributed by atoms with Gasteiger partial charge in [0.2, 0.25) is 0 Å². The number of aromatic nitrogens is 4. The van der Waals surface area contributed by atoms with Crippen molar-refractivity contribution in [2.45, 2.75) is 6.54 Å². The van der Waals surface area contributed by atoms with E-state index in [2.05, 4.69) is 9.97 Å². The highest BCUT2D eigenvalue weighted by Gasteiger charge is 2.14. The van der Waals surface area contributed by atoms with Crippen LogP contribution in [0.1, 0.15) is 5.56 Å². The topological polar surface area (TPSA) is 80.4 Å². The quantitative estimate of drug-likeness (QED) is 0.600. The summed E-state index contributed by atoms with van der Waals surface area (Å²) < 4.78 is 18.7. The number of hydrogen-bond donors (Lipinski definition) is 0. The average molecular weight is 344 g/mol. The lowest BCUT2D eigenvalue weighted by Gasteiger charge is -2.06. The standard InChI is InChI=1S/C17H20N4O4/c1-20-14-10-18-16(25-9-8-23-2)19-15(14)21(17(20)22)11-12-4-6-13(24-3)7-5-12/h4-7,10H,8-9,11H2,1-3H3. The van der Waals surface area contributed by atoms with Crippen molar-refractivity contribution in [3.8, 4) is 11.8 Å². The number of hydrogen-bond acceptors (Lipinski definition) is 6. The Balaban J connectivity index is 1.95. The SMILES string of the molecule is COCCOc1ncc2c(n1)n(Cc1ccc(OC)cc1)c(=O)n2C. The van der Waals surface area contributed by atoms with Gasteiger partial charge >= 0.3 is 11.7 Å². The van der Waals surface area contributed by atoms with Crippen LogP contribution in [0.15, 0.2) is 35.3 Å². The predicted octanol–water partition coefficient (Wildman–Crippen LogP) is 1.21. The van der Waals surface area contributed by atoms with Gasteiger partial charge in [0, 0.05) is 14.2 Å². The van der Waals surface area contributed by atoms with Crippen LogP contribution in [0.25, 0.3) is 11.2 Å². The molecule has 2 aromatic heterocycles. The van der Waals surface area contributed by atoms with Gasteiger partial charge in [-0.2, -0.15) is 4.98 Å². The van der Waals surface area contributed by atoms with E-state index >= 15 is 0 Å². The molecule has 0 amide bonds. The van der Waals surface area contributed by atoms with Crippen LogP contribution in [0.4, 0.5) is 0 Å². The first-order valence-electron chi connectivity index (χ1n) is 7.81. The second-order valence-corrected chi connectivity index (χ2v) is 5.48. The van der Waals surface area contributed by atoms with Crippen molar-refractivity contribution >= 4 is 11.2 Å². The molecule has 0 aliphatic rings. The van der Waals surface area contributed by atoms with Gasteiger partial charge in [-0.1, -0.05) is 12.1 Å². The molecule has 3 aromatic rings. The summed E-state index contributed by atoms with van der Waals surface area (Å²) in [5.41, 5.74) is 1.99. The van der Waals surface area contributed by atoms with Crippen molar-refractivity contribution in [3.05, 3.63) is 46.5 Å². The predicted molar refractivity (Wildman–Crippen MR) is 92.2 cm³/mol. The molecule has 8 nitrogen and oxygen atoms in total. The number of methoxy groups -OCH3 is 2. The Labute approximate surface area is 144 Å². The lowest BCUT2D eigenvalue weighted by molar-refractivity contribution is 0.141. The van der Waals surface area contributed by atoms with Gasteiger partial charge in [-0.25, -0.2) is 9.78 Å². The Hall–Kier alpha value is -2.87. The van der Waals surface area contributed by atoms with E-state index < -0.39 is 0 Å². The minimum absolute atomic E-state index is 0.158. The van der Waals surface area contributed by atoms with Crippen LogP contribution in [-0.4, -0.2) is 46.5 Å². The summed E-state index contributed by atoms with van der Waals surface area (Å²) in [5.74, 6) is 0.769. The minimum Gasteiger partial charge on any atom is -0.497 e. The Bertz CT molecular complexity index is 915. The summed E-state index contributed by atoms with van der Waals surface area (Å²) in [6.45, 7) is 1.18. The second-order valence-electron chi connectivity index (χ2n) is 5.48. The zero-order valence-electron chi connectivity index (χ0n) is 14.4. The molecule has 0 atom stereocenters. The van der Waals surface area contributed by atoms with Crippen LogP contribution in [0.5, 0.6) is 11.8 Å². The lowest BCUT2D eigenvalue weighted by Crippen LogP contribution is -2.22. The lowest BCUT2D eigenvalue weighted by atomic mass is 10.2. The molecule has 25 heavy (non-hydrogen) atoms. The van der Waals surface area contributed by atoms with E-state index in [9.17, 15) is 4.79 Å². The zero-order chi connectivity index (χ0) is 17.8. The fourth-order valence-electron chi connectivity index (χ4n) is 2.50. The Morgan fingerprint density at radius 3 is 2.56 bits per heavy atom. The monoisotopic (exact) mass is 344 g/mol. The third-order valence-corrected chi connectivity index (χ3v) is 3.88. The molecule has 0 saturated carbocycles. The van der Waals surface area contributed by atoms with Crippen molar-refractivity contribution < 1.29 is 14.2 Å². The first kappa shape index (κ1) is 17.0. The highest BCUT2D eigenvalue weighted by Crippen LogP contribution is 2.16. The molecule has 0 radical (unpaired) electrons. The Kier molecular flexibility index (Phi) is 4.99. The van der Waals surface area contributed by atoms with Gasteiger partial charge in [-0.3, -0.25) is 9.13 Å². The molecule has 132 valence electrons. The molecular weight excluding hydrogens is 324 g/mol. The number of benzene rings is 1. The van der Waals surface area contributed by atoms with Crippen LogP contribution in [0.3, 0.4) is 0 Å². The van der Waals surface area contributed by atoms with Crippen molar-refractivity contribution in [1.29, 1.82) is 0 Å². The first-order chi connectivity index (χ1) is 12.1. The summed E-state index contributed by atoms with van der Waals surface area (Å²) >= 11 is 0. The molecule has 1 aromatic carbocycles. The average Bonchev–Trinajstić information content (AvgIpc) is 2.87. The smallest absolute Gasteiger partial charge is 0.330 e. The summed E-state index contributed by atoms with van der Waals surface area (Å²) in [6, 6.07) is 7.78. The van der Waals surface area contributed by atoms with Crippen molar-refractivity contribution in [2.24, 2.45) is 7.05 Å². The van der Waals surface area contributed by atoms with E-state index in [0.29, 0.717) is 30.9 Å². The van der Waals surface area contributed by atoms with Crippen molar-refractivity contribution in [1.82, 2.24) is 19.1 Å². The molecule has 0 aliphatic heterocycles. The summed E-state index contributed by atoms with van der Waals surface area (Å²) in [5, 5.41) is 0. The first-order valence-corrected chi connectivity index (χ1v) is 7.81. The molecule has 0 spiro atoms. The van der Waals surface area contributed by atoms with Crippen molar-refractivity contribution in [3.63, 3.8) is 0 Å². The normalized spacial score (nSPS) is 11.0. The summed E-state index contributed by atoms with van der Waals surface area (Å²) in [4.78, 5) is 21.1. The number of imidazole rings is 1. The Morgan fingerprint density at radius 1 is 1.12 bits per heavy atom. The second kappa shape index (κ2) is 7.35. The van der Waals surface area contributed by atoms with Crippen LogP contribution in [0, 0.1) is 0 Å². The van der Waals surface area contributed by atoms with Gasteiger partial charge in [0.15, 0.2) is 5.65 Å². The van der Waals surface area contributed by atoms with E-state index in [1.54, 1.807) is 32.0 Å². The molecule has 0 saturated heterocycles. The van der Waals surface area contributed by atoms with Gasteiger partial charge in [0.05, 0.1) is 26.5 Å². The fourth-order valence-corrected chi connectivity index (χ4v) is 2.50. The van der Waals surface area contributed by atoms with Crippen LogP contribution < -0.4 is 15.2 Å². The summed E-state index contributed by atoms with van der Waals surface area (Å²) in [6.07, 6.45) is 1.59. The van der Waals surface area contributed by atoms with E-state index in [1.165, 1.54) is 4.57 Å². The minimum atomic E-state index is -0.158. The molecule has 0 fully saturated rings. The number of rotatable bonds is 7. The fraction of sp³-hybridized carbons (Fsp3) is 0.353. The number of nitrogens with zero attached hydrogens (tertiary/aromatic N) is 4. The van der Waals surface area contributed by atoms with Gasteiger partial charge in [-0.15, -0.1) is 0 Å². The number of aryl methyl sites for hydroxylation is 1. The van der Waals surface area contributed by atoms with E-state index in [-0.39, 0.29) is 11.7 Å². The Morgan fingerprint density at radius 2 is 1.88 bits per heavy atom. The van der Waals surface area contributed by atoms with Crippen molar-refractivity contribution in [2.75, 3.05) is 27.4 Å². The number of fused-ring (bicyclic) bond motifs is 1. The maximum Gasteiger partial charge on any atom is 0.330 e. The largest absolute Gasteiger partial charge is 0.497 e. The molecule has 0 unspecified atom stereocenters. The molecule has 0 aliphatic carbocycles. The molecular formula is C17H20N4O4. The molecule has 8 heteroatoms. The van der Waals surface area contributed by atoms with Crippen LogP contribution in [-0.2, 0) is 18.3 Å².